The van der Waals surface area contributed by atoms with Crippen molar-refractivity contribution in [2.75, 3.05) is 45.4 Å². The van der Waals surface area contributed by atoms with Crippen molar-refractivity contribution in [1.82, 2.24) is 15.5 Å². The zero-order chi connectivity index (χ0) is 26.9. The second-order valence-corrected chi connectivity index (χ2v) is 10.6. The molecule has 206 valence electrons. The largest absolute Gasteiger partial charge is 0.493 e. The van der Waals surface area contributed by atoms with E-state index in [0.717, 1.165) is 30.8 Å². The number of nitrogens with one attached hydrogen (secondary N) is 2. The molecule has 4 bridgehead atoms. The van der Waals surface area contributed by atoms with Crippen LogP contribution in [0.1, 0.15) is 30.4 Å². The van der Waals surface area contributed by atoms with E-state index in [-0.39, 0.29) is 43.5 Å². The number of thioether (sulfide) groups is 1. The smallest absolute Gasteiger partial charge is 0.258 e. The van der Waals surface area contributed by atoms with E-state index < -0.39 is 5.82 Å². The molecule has 2 aliphatic heterocycles. The average molecular weight is 546 g/mol. The van der Waals surface area contributed by atoms with E-state index in [9.17, 15) is 14.0 Å². The van der Waals surface area contributed by atoms with E-state index in [2.05, 4.69) is 21.8 Å². The van der Waals surface area contributed by atoms with E-state index in [1.54, 1.807) is 25.3 Å². The van der Waals surface area contributed by atoms with Crippen molar-refractivity contribution in [2.45, 2.75) is 44.4 Å². The number of ether oxygens (including phenoxy) is 3. The molecule has 0 unspecified atom stereocenters. The molecule has 2 aliphatic rings. The van der Waals surface area contributed by atoms with Gasteiger partial charge in [0.15, 0.2) is 18.1 Å². The predicted molar refractivity (Wildman–Crippen MR) is 145 cm³/mol. The Bertz CT molecular complexity index is 1120. The molecule has 0 aliphatic carbocycles. The lowest BCUT2D eigenvalue weighted by atomic mass is 10.0. The molecular formula is C28H36FN3O5S. The Morgan fingerprint density at radius 1 is 1.13 bits per heavy atom. The monoisotopic (exact) mass is 545 g/mol. The van der Waals surface area contributed by atoms with Crippen molar-refractivity contribution in [1.29, 1.82) is 0 Å². The number of carbonyl (C=O) groups excluding carboxylic acids is 2. The second-order valence-electron chi connectivity index (χ2n) is 9.61. The first-order valence-corrected chi connectivity index (χ1v) is 14.4. The number of rotatable bonds is 5. The third-order valence-corrected chi connectivity index (χ3v) is 7.44. The van der Waals surface area contributed by atoms with E-state index in [1.165, 1.54) is 12.1 Å². The van der Waals surface area contributed by atoms with Crippen LogP contribution in [0, 0.1) is 5.82 Å². The number of amides is 2. The van der Waals surface area contributed by atoms with Gasteiger partial charge in [0.2, 0.25) is 5.91 Å². The fourth-order valence-electron chi connectivity index (χ4n) is 4.81. The van der Waals surface area contributed by atoms with Gasteiger partial charge in [0.1, 0.15) is 17.7 Å². The predicted octanol–water partition coefficient (Wildman–Crippen LogP) is 3.17. The molecule has 1 fully saturated rings. The summed E-state index contributed by atoms with van der Waals surface area (Å²) in [7, 11) is 1.54. The van der Waals surface area contributed by atoms with Crippen molar-refractivity contribution in [3.8, 4) is 17.2 Å². The quantitative estimate of drug-likeness (QED) is 0.558. The molecule has 2 amide bonds. The van der Waals surface area contributed by atoms with Crippen LogP contribution in [0.5, 0.6) is 17.2 Å². The maximum atomic E-state index is 14.4. The Morgan fingerprint density at radius 2 is 2.00 bits per heavy atom. The molecule has 2 heterocycles. The third kappa shape index (κ3) is 8.01. The van der Waals surface area contributed by atoms with E-state index in [0.29, 0.717) is 42.2 Å². The Balaban J connectivity index is 1.57. The van der Waals surface area contributed by atoms with Crippen molar-refractivity contribution in [3.63, 3.8) is 0 Å². The molecule has 0 saturated carbocycles. The Hall–Kier alpha value is -2.98. The fourth-order valence-corrected chi connectivity index (χ4v) is 5.22. The summed E-state index contributed by atoms with van der Waals surface area (Å²) >= 11 is 1.82. The first kappa shape index (κ1) is 28.0. The summed E-state index contributed by atoms with van der Waals surface area (Å²) in [6, 6.07) is 9.61. The van der Waals surface area contributed by atoms with Gasteiger partial charge in [-0.15, -0.1) is 0 Å². The fraction of sp³-hybridized carbons (Fsp3) is 0.500. The van der Waals surface area contributed by atoms with Crippen LogP contribution in [-0.2, 0) is 22.6 Å². The van der Waals surface area contributed by atoms with Crippen LogP contribution in [0.15, 0.2) is 36.4 Å². The zero-order valence-electron chi connectivity index (χ0n) is 22.0. The highest BCUT2D eigenvalue weighted by molar-refractivity contribution is 7.98. The maximum absolute atomic E-state index is 14.4. The number of piperidine rings is 1. The lowest BCUT2D eigenvalue weighted by Gasteiger charge is -2.39. The molecular weight excluding hydrogens is 509 g/mol. The van der Waals surface area contributed by atoms with Crippen molar-refractivity contribution in [3.05, 3.63) is 53.3 Å². The second kappa shape index (κ2) is 13.7. The Kier molecular flexibility index (Phi) is 10.1. The molecule has 38 heavy (non-hydrogen) atoms. The normalized spacial score (nSPS) is 21.0. The molecule has 10 heteroatoms. The van der Waals surface area contributed by atoms with E-state index >= 15 is 0 Å². The van der Waals surface area contributed by atoms with Crippen LogP contribution >= 0.6 is 11.8 Å². The summed E-state index contributed by atoms with van der Waals surface area (Å²) in [6.07, 6.45) is 4.23. The van der Waals surface area contributed by atoms with Gasteiger partial charge < -0.3 is 29.7 Å². The van der Waals surface area contributed by atoms with Gasteiger partial charge >= 0.3 is 0 Å². The highest BCUT2D eigenvalue weighted by atomic mass is 32.2. The first-order valence-electron chi connectivity index (χ1n) is 13.0. The molecule has 0 radical (unpaired) electrons. The standard InChI is InChI=1S/C28H36FN3O5S/c1-35-25-6-4-19-5-7-27(33)30-16-20-12-21(29)15-22(13-20)37-24-8-10-32(9-3-11-38-2)17-23(24)31-28(34)18-36-26(25)14-19/h4,6,12-15,23-24H,3,5,7-11,16-18H2,1-2H3,(H,30,33)(H,31,34)/t23-,24-/m1/s1. The minimum absolute atomic E-state index is 0.149. The molecule has 1 saturated heterocycles. The van der Waals surface area contributed by atoms with E-state index in [1.807, 2.05) is 17.8 Å². The number of hydrogen-bond acceptors (Lipinski definition) is 7. The number of fused-ring (bicyclic) bond motifs is 5. The highest BCUT2D eigenvalue weighted by Crippen LogP contribution is 2.29. The van der Waals surface area contributed by atoms with Crippen LogP contribution in [0.2, 0.25) is 0 Å². The molecule has 2 atom stereocenters. The van der Waals surface area contributed by atoms with Gasteiger partial charge in [-0.1, -0.05) is 6.07 Å². The molecule has 2 N–H and O–H groups in total. The third-order valence-electron chi connectivity index (χ3n) is 6.74. The molecule has 2 aromatic carbocycles. The summed E-state index contributed by atoms with van der Waals surface area (Å²) in [5.74, 6) is 1.56. The summed E-state index contributed by atoms with van der Waals surface area (Å²) in [4.78, 5) is 27.8. The number of hydrogen-bond donors (Lipinski definition) is 2. The maximum Gasteiger partial charge on any atom is 0.258 e. The summed E-state index contributed by atoms with van der Waals surface area (Å²) in [6.45, 7) is 2.38. The number of halogens is 1. The van der Waals surface area contributed by atoms with E-state index in [4.69, 9.17) is 14.2 Å². The van der Waals surface area contributed by atoms with Gasteiger partial charge in [0, 0.05) is 32.1 Å². The molecule has 4 rings (SSSR count). The van der Waals surface area contributed by atoms with Crippen LogP contribution < -0.4 is 24.8 Å². The Morgan fingerprint density at radius 3 is 2.82 bits per heavy atom. The lowest BCUT2D eigenvalue weighted by molar-refractivity contribution is -0.125. The number of likely N-dealkylation sites (tertiary alicyclic amines) is 1. The molecule has 2 aromatic rings. The topological polar surface area (TPSA) is 89.1 Å². The summed E-state index contributed by atoms with van der Waals surface area (Å²) in [5, 5.41) is 5.95. The SMILES string of the molecule is COc1ccc2cc1OCC(=O)N[C@@H]1CN(CCCSC)CC[C@H]1Oc1cc(F)cc(c1)CNC(=O)CC2. The van der Waals surface area contributed by atoms with Crippen LogP contribution in [0.3, 0.4) is 0 Å². The van der Waals surface area contributed by atoms with Crippen molar-refractivity contribution in [2.24, 2.45) is 0 Å². The minimum atomic E-state index is -0.435. The minimum Gasteiger partial charge on any atom is -0.493 e. The van der Waals surface area contributed by atoms with Gasteiger partial charge in [-0.25, -0.2) is 4.39 Å². The van der Waals surface area contributed by atoms with Gasteiger partial charge in [-0.3, -0.25) is 9.59 Å². The number of methoxy groups -OCH3 is 1. The average Bonchev–Trinajstić information content (AvgIpc) is 2.90. The lowest BCUT2D eigenvalue weighted by Crippen LogP contribution is -2.57. The van der Waals surface area contributed by atoms with Crippen molar-refractivity contribution >= 4 is 23.6 Å². The number of nitrogens with zero attached hydrogens (tertiary/aromatic N) is 1. The Labute approximate surface area is 227 Å². The van der Waals surface area contributed by atoms with Gasteiger partial charge in [0.05, 0.1) is 13.2 Å². The number of benzene rings is 2. The van der Waals surface area contributed by atoms with Gasteiger partial charge in [0.25, 0.3) is 5.91 Å². The van der Waals surface area contributed by atoms with Gasteiger partial charge in [-0.2, -0.15) is 11.8 Å². The van der Waals surface area contributed by atoms with Crippen molar-refractivity contribution < 1.29 is 28.2 Å². The zero-order valence-corrected chi connectivity index (χ0v) is 22.8. The molecule has 0 aromatic heterocycles. The first-order chi connectivity index (χ1) is 18.4. The summed E-state index contributed by atoms with van der Waals surface area (Å²) in [5.41, 5.74) is 1.50. The highest BCUT2D eigenvalue weighted by Gasteiger charge is 2.32. The molecule has 8 nitrogen and oxygen atoms in total. The van der Waals surface area contributed by atoms with Gasteiger partial charge in [-0.05, 0) is 73.2 Å². The summed E-state index contributed by atoms with van der Waals surface area (Å²) < 4.78 is 31.9. The van der Waals surface area contributed by atoms with Crippen LogP contribution in [0.4, 0.5) is 4.39 Å². The molecule has 0 spiro atoms. The number of aryl methyl sites for hydroxylation is 1. The van der Waals surface area contributed by atoms with Crippen LogP contribution in [0.25, 0.3) is 0 Å². The number of carbonyl (C=O) groups is 2. The van der Waals surface area contributed by atoms with Crippen LogP contribution in [-0.4, -0.2) is 74.2 Å².